The standard InChI is InChI=1S/C10H7BrClN3/c11-7-3-1-2-4-8(7)14-10-6-13-5-9(12)15-10/h1-6H,(H,14,15). The lowest BCUT2D eigenvalue weighted by atomic mass is 10.3. The van der Waals surface area contributed by atoms with E-state index in [1.165, 1.54) is 6.20 Å². The molecule has 0 bridgehead atoms. The second kappa shape index (κ2) is 4.59. The molecule has 0 fully saturated rings. The van der Waals surface area contributed by atoms with Gasteiger partial charge in [-0.05, 0) is 28.1 Å². The van der Waals surface area contributed by atoms with Crippen LogP contribution in [0.3, 0.4) is 0 Å². The lowest BCUT2D eigenvalue weighted by Crippen LogP contribution is -1.94. The Labute approximate surface area is 101 Å². The molecule has 1 aromatic carbocycles. The molecule has 1 N–H and O–H groups in total. The van der Waals surface area contributed by atoms with E-state index in [0.717, 1.165) is 10.2 Å². The summed E-state index contributed by atoms with van der Waals surface area (Å²) in [7, 11) is 0. The van der Waals surface area contributed by atoms with Crippen LogP contribution in [0.15, 0.2) is 41.1 Å². The topological polar surface area (TPSA) is 37.8 Å². The molecular weight excluding hydrogens is 277 g/mol. The van der Waals surface area contributed by atoms with Crippen LogP contribution in [-0.2, 0) is 0 Å². The van der Waals surface area contributed by atoms with Crippen molar-refractivity contribution in [1.82, 2.24) is 9.97 Å². The Morgan fingerprint density at radius 3 is 2.73 bits per heavy atom. The first-order valence-electron chi connectivity index (χ1n) is 4.25. The van der Waals surface area contributed by atoms with Crippen LogP contribution >= 0.6 is 27.5 Å². The summed E-state index contributed by atoms with van der Waals surface area (Å²) in [6.45, 7) is 0. The Bertz CT molecular complexity index is 476. The largest absolute Gasteiger partial charge is 0.338 e. The summed E-state index contributed by atoms with van der Waals surface area (Å²) in [4.78, 5) is 8.02. The quantitative estimate of drug-likeness (QED) is 0.915. The monoisotopic (exact) mass is 283 g/mol. The van der Waals surface area contributed by atoms with Crippen LogP contribution in [0.2, 0.25) is 5.15 Å². The average Bonchev–Trinajstić information content (AvgIpc) is 2.22. The molecule has 0 unspecified atom stereocenters. The third kappa shape index (κ3) is 2.67. The summed E-state index contributed by atoms with van der Waals surface area (Å²) in [6, 6.07) is 7.76. The molecule has 0 aliphatic carbocycles. The van der Waals surface area contributed by atoms with Crippen LogP contribution in [0, 0.1) is 0 Å². The van der Waals surface area contributed by atoms with Gasteiger partial charge in [0.15, 0.2) is 5.82 Å². The molecule has 0 radical (unpaired) electrons. The molecule has 0 atom stereocenters. The first-order valence-corrected chi connectivity index (χ1v) is 5.42. The maximum absolute atomic E-state index is 5.73. The number of nitrogens with one attached hydrogen (secondary N) is 1. The van der Waals surface area contributed by atoms with Crippen molar-refractivity contribution in [3.8, 4) is 0 Å². The zero-order chi connectivity index (χ0) is 10.7. The maximum atomic E-state index is 5.73. The molecule has 0 amide bonds. The molecule has 2 aromatic rings. The van der Waals surface area contributed by atoms with E-state index in [4.69, 9.17) is 11.6 Å². The average molecular weight is 285 g/mol. The second-order valence-corrected chi connectivity index (χ2v) is 4.07. The maximum Gasteiger partial charge on any atom is 0.150 e. The van der Waals surface area contributed by atoms with E-state index in [1.54, 1.807) is 6.20 Å². The summed E-state index contributed by atoms with van der Waals surface area (Å²) in [5, 5.41) is 3.48. The van der Waals surface area contributed by atoms with Crippen molar-refractivity contribution < 1.29 is 0 Å². The van der Waals surface area contributed by atoms with Gasteiger partial charge in [-0.25, -0.2) is 4.98 Å². The number of anilines is 2. The number of aromatic nitrogens is 2. The Hall–Kier alpha value is -1.13. The predicted octanol–water partition coefficient (Wildman–Crippen LogP) is 3.64. The second-order valence-electron chi connectivity index (χ2n) is 2.83. The normalized spacial score (nSPS) is 10.0. The molecule has 76 valence electrons. The molecule has 0 saturated carbocycles. The Kier molecular flexibility index (Phi) is 3.18. The van der Waals surface area contributed by atoms with Gasteiger partial charge in [-0.15, -0.1) is 0 Å². The smallest absolute Gasteiger partial charge is 0.150 e. The van der Waals surface area contributed by atoms with E-state index in [9.17, 15) is 0 Å². The van der Waals surface area contributed by atoms with Gasteiger partial charge in [0.2, 0.25) is 0 Å². The van der Waals surface area contributed by atoms with Crippen LogP contribution in [0.1, 0.15) is 0 Å². The third-order valence-electron chi connectivity index (χ3n) is 1.74. The lowest BCUT2D eigenvalue weighted by Gasteiger charge is -2.06. The summed E-state index contributed by atoms with van der Waals surface area (Å²) in [5.41, 5.74) is 0.925. The summed E-state index contributed by atoms with van der Waals surface area (Å²) >= 11 is 9.15. The first kappa shape index (κ1) is 10.4. The number of nitrogens with zero attached hydrogens (tertiary/aromatic N) is 2. The van der Waals surface area contributed by atoms with Gasteiger partial charge in [-0.2, -0.15) is 0 Å². The molecule has 3 nitrogen and oxygen atoms in total. The van der Waals surface area contributed by atoms with E-state index in [2.05, 4.69) is 31.2 Å². The molecule has 1 heterocycles. The molecule has 1 aromatic heterocycles. The zero-order valence-electron chi connectivity index (χ0n) is 7.61. The highest BCUT2D eigenvalue weighted by molar-refractivity contribution is 9.10. The zero-order valence-corrected chi connectivity index (χ0v) is 9.96. The highest BCUT2D eigenvalue weighted by Crippen LogP contribution is 2.24. The first-order chi connectivity index (χ1) is 7.25. The number of hydrogen-bond donors (Lipinski definition) is 1. The highest BCUT2D eigenvalue weighted by atomic mass is 79.9. The van der Waals surface area contributed by atoms with Gasteiger partial charge >= 0.3 is 0 Å². The number of benzene rings is 1. The van der Waals surface area contributed by atoms with E-state index < -0.39 is 0 Å². The van der Waals surface area contributed by atoms with E-state index in [1.807, 2.05) is 24.3 Å². The minimum absolute atomic E-state index is 0.368. The van der Waals surface area contributed by atoms with Crippen molar-refractivity contribution in [2.45, 2.75) is 0 Å². The number of hydrogen-bond acceptors (Lipinski definition) is 3. The number of para-hydroxylation sites is 1. The molecule has 15 heavy (non-hydrogen) atoms. The summed E-state index contributed by atoms with van der Waals surface area (Å²) in [5.74, 6) is 0.620. The van der Waals surface area contributed by atoms with Crippen LogP contribution in [-0.4, -0.2) is 9.97 Å². The molecule has 0 aliphatic heterocycles. The van der Waals surface area contributed by atoms with Crippen LogP contribution in [0.25, 0.3) is 0 Å². The fourth-order valence-corrected chi connectivity index (χ4v) is 1.63. The van der Waals surface area contributed by atoms with Crippen LogP contribution < -0.4 is 5.32 Å². The van der Waals surface area contributed by atoms with E-state index in [0.29, 0.717) is 11.0 Å². The fourth-order valence-electron chi connectivity index (χ4n) is 1.10. The van der Waals surface area contributed by atoms with E-state index >= 15 is 0 Å². The van der Waals surface area contributed by atoms with Gasteiger partial charge in [0.05, 0.1) is 18.1 Å². The van der Waals surface area contributed by atoms with Gasteiger partial charge in [0.1, 0.15) is 5.15 Å². The molecule has 5 heteroatoms. The van der Waals surface area contributed by atoms with Gasteiger partial charge in [-0.3, -0.25) is 4.98 Å². The molecule has 0 saturated heterocycles. The van der Waals surface area contributed by atoms with Gasteiger partial charge < -0.3 is 5.32 Å². The van der Waals surface area contributed by atoms with Crippen molar-refractivity contribution in [2.24, 2.45) is 0 Å². The summed E-state index contributed by atoms with van der Waals surface area (Å²) < 4.78 is 0.965. The Balaban J connectivity index is 2.26. The SMILES string of the molecule is Clc1cncc(Nc2ccccc2Br)n1. The number of halogens is 2. The Morgan fingerprint density at radius 2 is 2.00 bits per heavy atom. The lowest BCUT2D eigenvalue weighted by molar-refractivity contribution is 1.20. The highest BCUT2D eigenvalue weighted by Gasteiger charge is 2.00. The summed E-state index contributed by atoms with van der Waals surface area (Å²) in [6.07, 6.45) is 3.11. The van der Waals surface area contributed by atoms with Gasteiger partial charge in [0.25, 0.3) is 0 Å². The van der Waals surface area contributed by atoms with E-state index in [-0.39, 0.29) is 0 Å². The third-order valence-corrected chi connectivity index (χ3v) is 2.62. The molecular formula is C10H7BrClN3. The fraction of sp³-hybridized carbons (Fsp3) is 0. The van der Waals surface area contributed by atoms with Crippen molar-refractivity contribution >= 4 is 39.0 Å². The predicted molar refractivity (Wildman–Crippen MR) is 64.5 cm³/mol. The molecule has 0 aliphatic rings. The minimum Gasteiger partial charge on any atom is -0.338 e. The number of rotatable bonds is 2. The minimum atomic E-state index is 0.368. The van der Waals surface area contributed by atoms with Crippen molar-refractivity contribution in [1.29, 1.82) is 0 Å². The van der Waals surface area contributed by atoms with Gasteiger partial charge in [-0.1, -0.05) is 23.7 Å². The van der Waals surface area contributed by atoms with Crippen molar-refractivity contribution in [3.05, 3.63) is 46.3 Å². The Morgan fingerprint density at radius 1 is 1.20 bits per heavy atom. The van der Waals surface area contributed by atoms with Crippen LogP contribution in [0.5, 0.6) is 0 Å². The van der Waals surface area contributed by atoms with Crippen molar-refractivity contribution in [2.75, 3.05) is 5.32 Å². The molecule has 0 spiro atoms. The van der Waals surface area contributed by atoms with Crippen LogP contribution in [0.4, 0.5) is 11.5 Å². The van der Waals surface area contributed by atoms with Gasteiger partial charge in [0, 0.05) is 4.47 Å². The van der Waals surface area contributed by atoms with Crippen molar-refractivity contribution in [3.63, 3.8) is 0 Å². The molecule has 2 rings (SSSR count).